The van der Waals surface area contributed by atoms with Crippen LogP contribution in [0.25, 0.3) is 0 Å². The summed E-state index contributed by atoms with van der Waals surface area (Å²) >= 11 is 0. The lowest BCUT2D eigenvalue weighted by atomic mass is 10.1. The van der Waals surface area contributed by atoms with E-state index in [1.54, 1.807) is 4.68 Å². The van der Waals surface area contributed by atoms with Crippen molar-refractivity contribution in [3.63, 3.8) is 0 Å². The molecule has 5 nitrogen and oxygen atoms in total. The summed E-state index contributed by atoms with van der Waals surface area (Å²) in [6.07, 6.45) is 1.83. The van der Waals surface area contributed by atoms with E-state index in [0.29, 0.717) is 6.54 Å². The Kier molecular flexibility index (Phi) is 2.02. The van der Waals surface area contributed by atoms with Crippen LogP contribution >= 0.6 is 0 Å². The van der Waals surface area contributed by atoms with Gasteiger partial charge in [0, 0.05) is 26.3 Å². The molecule has 2 heterocycles. The number of amides is 1. The topological polar surface area (TPSA) is 59.0 Å². The van der Waals surface area contributed by atoms with Crippen molar-refractivity contribution in [1.29, 1.82) is 0 Å². The Morgan fingerprint density at radius 1 is 1.62 bits per heavy atom. The van der Waals surface area contributed by atoms with Crippen molar-refractivity contribution in [3.05, 3.63) is 18.0 Å². The van der Waals surface area contributed by atoms with Crippen LogP contribution in [0.15, 0.2) is 12.3 Å². The van der Waals surface area contributed by atoms with Crippen molar-refractivity contribution >= 4 is 5.91 Å². The highest BCUT2D eigenvalue weighted by Crippen LogP contribution is 2.11. The Labute approximate surface area is 76.1 Å². The molecule has 1 saturated heterocycles. The van der Waals surface area contributed by atoms with Crippen LogP contribution in [0.1, 0.15) is 11.7 Å². The van der Waals surface area contributed by atoms with Crippen LogP contribution in [0, 0.1) is 0 Å². The second-order valence-corrected chi connectivity index (χ2v) is 3.09. The molecule has 0 spiro atoms. The minimum Gasteiger partial charge on any atom is -0.353 e. The number of hydrogen-bond donors (Lipinski definition) is 2. The molecule has 0 aliphatic carbocycles. The van der Waals surface area contributed by atoms with E-state index in [1.165, 1.54) is 0 Å². The SMILES string of the molecule is Cn1ccc(C2NCCNC2=O)n1. The fourth-order valence-electron chi connectivity index (χ4n) is 1.42. The van der Waals surface area contributed by atoms with Crippen molar-refractivity contribution in [2.24, 2.45) is 7.05 Å². The zero-order valence-corrected chi connectivity index (χ0v) is 7.45. The van der Waals surface area contributed by atoms with Gasteiger partial charge in [-0.25, -0.2) is 0 Å². The lowest BCUT2D eigenvalue weighted by Gasteiger charge is -2.21. The summed E-state index contributed by atoms with van der Waals surface area (Å²) in [6, 6.07) is 1.57. The molecular formula is C8H12N4O. The highest BCUT2D eigenvalue weighted by atomic mass is 16.2. The predicted octanol–water partition coefficient (Wildman–Crippen LogP) is -0.819. The van der Waals surface area contributed by atoms with E-state index in [9.17, 15) is 4.79 Å². The maximum Gasteiger partial charge on any atom is 0.243 e. The van der Waals surface area contributed by atoms with Gasteiger partial charge in [-0.3, -0.25) is 14.8 Å². The molecule has 1 aliphatic rings. The molecule has 2 N–H and O–H groups in total. The molecule has 2 rings (SSSR count). The Hall–Kier alpha value is -1.36. The molecule has 0 saturated carbocycles. The van der Waals surface area contributed by atoms with Crippen LogP contribution in [-0.4, -0.2) is 28.8 Å². The Morgan fingerprint density at radius 2 is 2.46 bits per heavy atom. The Bertz CT molecular complexity index is 320. The van der Waals surface area contributed by atoms with Gasteiger partial charge in [-0.05, 0) is 6.07 Å². The molecule has 1 atom stereocenters. The van der Waals surface area contributed by atoms with Gasteiger partial charge in [0.15, 0.2) is 0 Å². The zero-order chi connectivity index (χ0) is 9.26. The first kappa shape index (κ1) is 8.25. The van der Waals surface area contributed by atoms with Gasteiger partial charge >= 0.3 is 0 Å². The van der Waals surface area contributed by atoms with Crippen LogP contribution in [0.2, 0.25) is 0 Å². The summed E-state index contributed by atoms with van der Waals surface area (Å²) in [7, 11) is 1.84. The molecular weight excluding hydrogens is 168 g/mol. The number of carbonyl (C=O) groups is 1. The predicted molar refractivity (Wildman–Crippen MR) is 47.0 cm³/mol. The average Bonchev–Trinajstić information content (AvgIpc) is 2.53. The molecule has 0 bridgehead atoms. The smallest absolute Gasteiger partial charge is 0.243 e. The summed E-state index contributed by atoms with van der Waals surface area (Å²) in [6.45, 7) is 1.50. The largest absolute Gasteiger partial charge is 0.353 e. The van der Waals surface area contributed by atoms with Crippen LogP contribution in [0.5, 0.6) is 0 Å². The molecule has 0 aromatic carbocycles. The Morgan fingerprint density at radius 3 is 3.08 bits per heavy atom. The number of aryl methyl sites for hydroxylation is 1. The van der Waals surface area contributed by atoms with Crippen molar-refractivity contribution in [2.45, 2.75) is 6.04 Å². The van der Waals surface area contributed by atoms with E-state index in [4.69, 9.17) is 0 Å². The van der Waals surface area contributed by atoms with E-state index in [-0.39, 0.29) is 11.9 Å². The van der Waals surface area contributed by atoms with Gasteiger partial charge in [0.1, 0.15) is 6.04 Å². The third-order valence-electron chi connectivity index (χ3n) is 2.06. The van der Waals surface area contributed by atoms with Gasteiger partial charge in [0.05, 0.1) is 5.69 Å². The normalized spacial score (nSPS) is 22.8. The van der Waals surface area contributed by atoms with Gasteiger partial charge in [0.2, 0.25) is 5.91 Å². The summed E-state index contributed by atoms with van der Waals surface area (Å²) in [5.74, 6) is 0.00458. The quantitative estimate of drug-likeness (QED) is 0.593. The van der Waals surface area contributed by atoms with E-state index in [2.05, 4.69) is 15.7 Å². The minimum absolute atomic E-state index is 0.00458. The molecule has 1 fully saturated rings. The van der Waals surface area contributed by atoms with E-state index < -0.39 is 0 Å². The van der Waals surface area contributed by atoms with Crippen molar-refractivity contribution in [1.82, 2.24) is 20.4 Å². The van der Waals surface area contributed by atoms with Crippen molar-refractivity contribution in [3.8, 4) is 0 Å². The molecule has 1 aromatic rings. The first-order chi connectivity index (χ1) is 6.27. The van der Waals surface area contributed by atoms with Crippen LogP contribution in [0.4, 0.5) is 0 Å². The lowest BCUT2D eigenvalue weighted by molar-refractivity contribution is -0.124. The maximum absolute atomic E-state index is 11.4. The molecule has 13 heavy (non-hydrogen) atoms. The standard InChI is InChI=1S/C8H12N4O/c1-12-5-2-6(11-12)7-8(13)10-4-3-9-7/h2,5,7,9H,3-4H2,1H3,(H,10,13). The second kappa shape index (κ2) is 3.18. The number of nitrogens with zero attached hydrogens (tertiary/aromatic N) is 2. The molecule has 1 aliphatic heterocycles. The molecule has 0 radical (unpaired) electrons. The van der Waals surface area contributed by atoms with Crippen LogP contribution < -0.4 is 10.6 Å². The molecule has 1 amide bonds. The number of hydrogen-bond acceptors (Lipinski definition) is 3. The third kappa shape index (κ3) is 1.55. The first-order valence-corrected chi connectivity index (χ1v) is 4.28. The molecule has 1 aromatic heterocycles. The molecule has 70 valence electrons. The van der Waals surface area contributed by atoms with Gasteiger partial charge in [-0.15, -0.1) is 0 Å². The maximum atomic E-state index is 11.4. The van der Waals surface area contributed by atoms with Gasteiger partial charge < -0.3 is 5.32 Å². The summed E-state index contributed by atoms with van der Waals surface area (Å²) in [5.41, 5.74) is 0.778. The number of aromatic nitrogens is 2. The molecule has 5 heteroatoms. The van der Waals surface area contributed by atoms with Gasteiger partial charge in [0.25, 0.3) is 0 Å². The number of piperazine rings is 1. The highest BCUT2D eigenvalue weighted by Gasteiger charge is 2.24. The number of carbonyl (C=O) groups excluding carboxylic acids is 1. The first-order valence-electron chi connectivity index (χ1n) is 4.28. The lowest BCUT2D eigenvalue weighted by Crippen LogP contribution is -2.47. The minimum atomic E-state index is -0.282. The highest BCUT2D eigenvalue weighted by molar-refractivity contribution is 5.83. The van der Waals surface area contributed by atoms with Crippen LogP contribution in [0.3, 0.4) is 0 Å². The fraction of sp³-hybridized carbons (Fsp3) is 0.500. The zero-order valence-electron chi connectivity index (χ0n) is 7.45. The van der Waals surface area contributed by atoms with E-state index in [1.807, 2.05) is 19.3 Å². The average molecular weight is 180 g/mol. The summed E-state index contributed by atoms with van der Waals surface area (Å²) in [4.78, 5) is 11.4. The van der Waals surface area contributed by atoms with Gasteiger partial charge in [-0.2, -0.15) is 5.10 Å². The monoisotopic (exact) mass is 180 g/mol. The molecule has 1 unspecified atom stereocenters. The van der Waals surface area contributed by atoms with E-state index >= 15 is 0 Å². The van der Waals surface area contributed by atoms with Crippen LogP contribution in [-0.2, 0) is 11.8 Å². The fourth-order valence-corrected chi connectivity index (χ4v) is 1.42. The number of rotatable bonds is 1. The van der Waals surface area contributed by atoms with Crippen molar-refractivity contribution in [2.75, 3.05) is 13.1 Å². The van der Waals surface area contributed by atoms with Crippen molar-refractivity contribution < 1.29 is 4.79 Å². The Balaban J connectivity index is 2.19. The summed E-state index contributed by atoms with van der Waals surface area (Å²) < 4.78 is 1.69. The number of nitrogens with one attached hydrogen (secondary N) is 2. The summed E-state index contributed by atoms with van der Waals surface area (Å²) in [5, 5.41) is 10.1. The van der Waals surface area contributed by atoms with E-state index in [0.717, 1.165) is 12.2 Å². The third-order valence-corrected chi connectivity index (χ3v) is 2.06. The van der Waals surface area contributed by atoms with Gasteiger partial charge in [-0.1, -0.05) is 0 Å². The second-order valence-electron chi connectivity index (χ2n) is 3.09.